The van der Waals surface area contributed by atoms with Crippen LogP contribution < -0.4 is 0 Å². The minimum atomic E-state index is 0.0895. The molecule has 1 amide bonds. The summed E-state index contributed by atoms with van der Waals surface area (Å²) in [5.74, 6) is 0.786. The highest BCUT2D eigenvalue weighted by Gasteiger charge is 2.19. The summed E-state index contributed by atoms with van der Waals surface area (Å²) in [4.78, 5) is 18.7. The van der Waals surface area contributed by atoms with E-state index in [0.29, 0.717) is 5.75 Å². The van der Waals surface area contributed by atoms with Gasteiger partial charge in [-0.3, -0.25) is 4.79 Å². The fraction of sp³-hybridized carbons (Fsp3) is 0.714. The van der Waals surface area contributed by atoms with Crippen LogP contribution in [0.5, 0.6) is 0 Å². The molecule has 5 heteroatoms. The maximum absolute atomic E-state index is 12.1. The van der Waals surface area contributed by atoms with E-state index in [9.17, 15) is 4.79 Å². The lowest BCUT2D eigenvalue weighted by atomic mass is 9.93. The summed E-state index contributed by atoms with van der Waals surface area (Å²) in [7, 11) is 0. The molecule has 0 N–H and O–H groups in total. The van der Waals surface area contributed by atoms with Crippen molar-refractivity contribution in [3.05, 3.63) is 11.1 Å². The molecular weight excluding hydrogens is 276 g/mol. The van der Waals surface area contributed by atoms with Crippen LogP contribution in [0.25, 0.3) is 0 Å². The van der Waals surface area contributed by atoms with Crippen LogP contribution in [0.4, 0.5) is 0 Å². The number of carbonyl (C=O) groups excluding carboxylic acids is 1. The molecule has 0 aliphatic carbocycles. The smallest absolute Gasteiger partial charge is 0.233 e. The Kier molecular flexibility index (Phi) is 4.90. The van der Waals surface area contributed by atoms with Crippen LogP contribution >= 0.6 is 23.1 Å². The van der Waals surface area contributed by atoms with E-state index in [-0.39, 0.29) is 11.3 Å². The Labute approximate surface area is 123 Å². The first-order chi connectivity index (χ1) is 8.97. The molecule has 1 aromatic heterocycles. The standard InChI is InChI=1S/C14H22N2OS2/c1-14(2,3)11-9-18-13(15-11)19-10-12(17)16-7-5-4-6-8-16/h9H,4-8,10H2,1-3H3. The van der Waals surface area contributed by atoms with E-state index in [0.717, 1.165) is 36.0 Å². The second-order valence-electron chi connectivity index (χ2n) is 5.98. The van der Waals surface area contributed by atoms with Crippen molar-refractivity contribution < 1.29 is 4.79 Å². The molecule has 0 saturated carbocycles. The van der Waals surface area contributed by atoms with Crippen molar-refractivity contribution in [2.24, 2.45) is 0 Å². The van der Waals surface area contributed by atoms with Gasteiger partial charge in [-0.1, -0.05) is 32.5 Å². The van der Waals surface area contributed by atoms with Gasteiger partial charge in [-0.2, -0.15) is 0 Å². The fourth-order valence-corrected chi connectivity index (χ4v) is 3.98. The fourth-order valence-electron chi connectivity index (χ4n) is 2.03. The van der Waals surface area contributed by atoms with Crippen LogP contribution in [0.2, 0.25) is 0 Å². The van der Waals surface area contributed by atoms with Crippen LogP contribution in [0.1, 0.15) is 45.7 Å². The second kappa shape index (κ2) is 6.27. The van der Waals surface area contributed by atoms with Gasteiger partial charge in [-0.05, 0) is 19.3 Å². The number of amides is 1. The number of hydrogen-bond acceptors (Lipinski definition) is 4. The molecule has 0 unspecified atom stereocenters. The first kappa shape index (κ1) is 14.9. The van der Waals surface area contributed by atoms with E-state index in [2.05, 4.69) is 31.1 Å². The maximum atomic E-state index is 12.1. The summed E-state index contributed by atoms with van der Waals surface area (Å²) in [5, 5.41) is 2.10. The van der Waals surface area contributed by atoms with E-state index in [1.165, 1.54) is 6.42 Å². The van der Waals surface area contributed by atoms with Gasteiger partial charge >= 0.3 is 0 Å². The SMILES string of the molecule is CC(C)(C)c1csc(SCC(=O)N2CCCCC2)n1. The van der Waals surface area contributed by atoms with Gasteiger partial charge in [-0.15, -0.1) is 11.3 Å². The molecule has 1 aliphatic rings. The Hall–Kier alpha value is -0.550. The summed E-state index contributed by atoms with van der Waals surface area (Å²) in [6.07, 6.45) is 3.57. The van der Waals surface area contributed by atoms with E-state index < -0.39 is 0 Å². The molecule has 0 spiro atoms. The zero-order chi connectivity index (χ0) is 13.9. The van der Waals surface area contributed by atoms with Crippen molar-refractivity contribution in [1.82, 2.24) is 9.88 Å². The van der Waals surface area contributed by atoms with Gasteiger partial charge in [0.2, 0.25) is 5.91 Å². The molecule has 0 bridgehead atoms. The molecule has 0 aromatic carbocycles. The van der Waals surface area contributed by atoms with Gasteiger partial charge < -0.3 is 4.90 Å². The van der Waals surface area contributed by atoms with E-state index in [1.54, 1.807) is 23.1 Å². The number of piperidine rings is 1. The predicted octanol–water partition coefficient (Wildman–Crippen LogP) is 3.55. The van der Waals surface area contributed by atoms with Crippen molar-refractivity contribution in [1.29, 1.82) is 0 Å². The number of likely N-dealkylation sites (tertiary alicyclic amines) is 1. The quantitative estimate of drug-likeness (QED) is 0.800. The van der Waals surface area contributed by atoms with Crippen molar-refractivity contribution in [3.8, 4) is 0 Å². The number of carbonyl (C=O) groups is 1. The molecule has 106 valence electrons. The van der Waals surface area contributed by atoms with Gasteiger partial charge in [-0.25, -0.2) is 4.98 Å². The average Bonchev–Trinajstić information content (AvgIpc) is 2.86. The van der Waals surface area contributed by atoms with Gasteiger partial charge in [0.05, 0.1) is 11.4 Å². The third kappa shape index (κ3) is 4.21. The van der Waals surface area contributed by atoms with Gasteiger partial charge in [0.15, 0.2) is 4.34 Å². The lowest BCUT2D eigenvalue weighted by molar-refractivity contribution is -0.129. The third-order valence-corrected chi connectivity index (χ3v) is 5.29. The number of aromatic nitrogens is 1. The highest BCUT2D eigenvalue weighted by molar-refractivity contribution is 8.01. The molecule has 19 heavy (non-hydrogen) atoms. The lowest BCUT2D eigenvalue weighted by Crippen LogP contribution is -2.36. The normalized spacial score (nSPS) is 16.7. The Balaban J connectivity index is 1.85. The molecule has 2 rings (SSSR count). The zero-order valence-electron chi connectivity index (χ0n) is 11.9. The molecule has 2 heterocycles. The topological polar surface area (TPSA) is 33.2 Å². The van der Waals surface area contributed by atoms with Crippen molar-refractivity contribution in [2.45, 2.75) is 49.8 Å². The number of thioether (sulfide) groups is 1. The van der Waals surface area contributed by atoms with E-state index in [4.69, 9.17) is 0 Å². The van der Waals surface area contributed by atoms with Gasteiger partial charge in [0, 0.05) is 23.9 Å². The summed E-state index contributed by atoms with van der Waals surface area (Å²) in [6, 6.07) is 0. The van der Waals surface area contributed by atoms with Crippen LogP contribution in [0, 0.1) is 0 Å². The number of rotatable bonds is 3. The lowest BCUT2D eigenvalue weighted by Gasteiger charge is -2.26. The summed E-state index contributed by atoms with van der Waals surface area (Å²) in [5.41, 5.74) is 1.21. The van der Waals surface area contributed by atoms with Gasteiger partial charge in [0.25, 0.3) is 0 Å². The number of nitrogens with zero attached hydrogens (tertiary/aromatic N) is 2. The third-order valence-electron chi connectivity index (χ3n) is 3.28. The monoisotopic (exact) mass is 298 g/mol. The number of thiazole rings is 1. The minimum Gasteiger partial charge on any atom is -0.342 e. The Bertz CT molecular complexity index is 431. The van der Waals surface area contributed by atoms with Crippen LogP contribution in [0.15, 0.2) is 9.72 Å². The molecule has 1 aliphatic heterocycles. The van der Waals surface area contributed by atoms with Crippen molar-refractivity contribution >= 4 is 29.0 Å². The van der Waals surface area contributed by atoms with E-state index >= 15 is 0 Å². The summed E-state index contributed by atoms with van der Waals surface area (Å²) < 4.78 is 1.01. The molecule has 1 saturated heterocycles. The largest absolute Gasteiger partial charge is 0.342 e. The highest BCUT2D eigenvalue weighted by Crippen LogP contribution is 2.29. The maximum Gasteiger partial charge on any atom is 0.233 e. The van der Waals surface area contributed by atoms with E-state index in [1.807, 2.05) is 4.90 Å². The second-order valence-corrected chi connectivity index (χ2v) is 8.06. The first-order valence-electron chi connectivity index (χ1n) is 6.83. The predicted molar refractivity (Wildman–Crippen MR) is 82.0 cm³/mol. The minimum absolute atomic E-state index is 0.0895. The van der Waals surface area contributed by atoms with Crippen LogP contribution in [0.3, 0.4) is 0 Å². The van der Waals surface area contributed by atoms with Crippen LogP contribution in [-0.2, 0) is 10.2 Å². The molecule has 0 radical (unpaired) electrons. The zero-order valence-corrected chi connectivity index (χ0v) is 13.6. The molecule has 0 atom stereocenters. The molecule has 3 nitrogen and oxygen atoms in total. The average molecular weight is 298 g/mol. The molecular formula is C14H22N2OS2. The first-order valence-corrected chi connectivity index (χ1v) is 8.70. The van der Waals surface area contributed by atoms with Crippen molar-refractivity contribution in [2.75, 3.05) is 18.8 Å². The summed E-state index contributed by atoms with van der Waals surface area (Å²) >= 11 is 3.22. The summed E-state index contributed by atoms with van der Waals surface area (Å²) in [6.45, 7) is 8.36. The molecule has 1 aromatic rings. The Morgan fingerprint density at radius 3 is 2.63 bits per heavy atom. The number of hydrogen-bond donors (Lipinski definition) is 0. The Morgan fingerprint density at radius 2 is 2.05 bits per heavy atom. The van der Waals surface area contributed by atoms with Gasteiger partial charge in [0.1, 0.15) is 0 Å². The Morgan fingerprint density at radius 1 is 1.37 bits per heavy atom. The van der Waals surface area contributed by atoms with Crippen LogP contribution in [-0.4, -0.2) is 34.6 Å². The highest BCUT2D eigenvalue weighted by atomic mass is 32.2. The molecule has 1 fully saturated rings. The van der Waals surface area contributed by atoms with Crippen molar-refractivity contribution in [3.63, 3.8) is 0 Å².